The fourth-order valence-corrected chi connectivity index (χ4v) is 8.49. The van der Waals surface area contributed by atoms with Gasteiger partial charge in [0.05, 0.1) is 25.4 Å². The molecule has 0 aliphatic carbocycles. The first-order valence-electron chi connectivity index (χ1n) is 27.6. The van der Waals surface area contributed by atoms with Gasteiger partial charge in [-0.25, -0.2) is 0 Å². The van der Waals surface area contributed by atoms with Crippen molar-refractivity contribution in [1.82, 2.24) is 5.32 Å². The quantitative estimate of drug-likeness (QED) is 0.0321. The van der Waals surface area contributed by atoms with Gasteiger partial charge in [0, 0.05) is 12.8 Å². The highest BCUT2D eigenvalue weighted by Gasteiger charge is 2.20. The number of aliphatic hydroxyl groups excluding tert-OH is 2. The molecule has 0 bridgehead atoms. The van der Waals surface area contributed by atoms with Gasteiger partial charge >= 0.3 is 5.97 Å². The molecule has 0 spiro atoms. The van der Waals surface area contributed by atoms with Crippen LogP contribution in [0.25, 0.3) is 0 Å². The fourth-order valence-electron chi connectivity index (χ4n) is 8.49. The first-order chi connectivity index (χ1) is 30.5. The van der Waals surface area contributed by atoms with Gasteiger partial charge in [0.2, 0.25) is 5.91 Å². The lowest BCUT2D eigenvalue weighted by molar-refractivity contribution is -0.143. The van der Waals surface area contributed by atoms with Crippen LogP contribution in [-0.2, 0) is 14.3 Å². The molecule has 0 aromatic heterocycles. The van der Waals surface area contributed by atoms with Crippen molar-refractivity contribution in [1.29, 1.82) is 0 Å². The normalized spacial score (nSPS) is 12.8. The number of ether oxygens (including phenoxy) is 1. The molecule has 0 saturated heterocycles. The molecule has 62 heavy (non-hydrogen) atoms. The Balaban J connectivity index is 3.42. The van der Waals surface area contributed by atoms with Gasteiger partial charge in [-0.05, 0) is 57.8 Å². The zero-order chi connectivity index (χ0) is 45.1. The summed E-state index contributed by atoms with van der Waals surface area (Å²) < 4.78 is 5.47. The van der Waals surface area contributed by atoms with Crippen molar-refractivity contribution in [2.45, 2.75) is 309 Å². The predicted octanol–water partition coefficient (Wildman–Crippen LogP) is 16.7. The minimum absolute atomic E-state index is 0.00833. The van der Waals surface area contributed by atoms with Crippen LogP contribution in [0.3, 0.4) is 0 Å². The SMILES string of the molecule is CCCCCCCCCCCCCCCC(=O)OCCCCCCCCCCC/C=C\C/C=C\CCCCCCCCCC(=O)NC(CO)C(O)CCCCCCCCCCC. The Morgan fingerprint density at radius 2 is 0.806 bits per heavy atom. The Morgan fingerprint density at radius 3 is 1.23 bits per heavy atom. The van der Waals surface area contributed by atoms with E-state index >= 15 is 0 Å². The molecule has 366 valence electrons. The van der Waals surface area contributed by atoms with Crippen molar-refractivity contribution >= 4 is 11.9 Å². The van der Waals surface area contributed by atoms with E-state index in [9.17, 15) is 19.8 Å². The van der Waals surface area contributed by atoms with Gasteiger partial charge in [-0.2, -0.15) is 0 Å². The van der Waals surface area contributed by atoms with Gasteiger partial charge in [-0.15, -0.1) is 0 Å². The van der Waals surface area contributed by atoms with Crippen molar-refractivity contribution < 1.29 is 24.5 Å². The van der Waals surface area contributed by atoms with Crippen LogP contribution < -0.4 is 5.32 Å². The van der Waals surface area contributed by atoms with E-state index < -0.39 is 12.1 Å². The van der Waals surface area contributed by atoms with Crippen molar-refractivity contribution in [3.63, 3.8) is 0 Å². The minimum atomic E-state index is -0.668. The molecule has 1 amide bonds. The number of rotatable bonds is 51. The topological polar surface area (TPSA) is 95.9 Å². The summed E-state index contributed by atoms with van der Waals surface area (Å²) in [5.74, 6) is -0.0394. The van der Waals surface area contributed by atoms with E-state index in [1.54, 1.807) is 0 Å². The molecule has 6 nitrogen and oxygen atoms in total. The molecule has 0 aromatic rings. The Bertz CT molecular complexity index is 966. The molecular weight excluding hydrogens is 767 g/mol. The largest absolute Gasteiger partial charge is 0.466 e. The first-order valence-corrected chi connectivity index (χ1v) is 27.6. The number of nitrogens with one attached hydrogen (secondary N) is 1. The molecule has 0 rings (SSSR count). The molecular formula is C56H107NO5. The number of aliphatic hydroxyl groups is 2. The lowest BCUT2D eigenvalue weighted by atomic mass is 10.0. The lowest BCUT2D eigenvalue weighted by Crippen LogP contribution is -2.45. The highest BCUT2D eigenvalue weighted by Crippen LogP contribution is 2.16. The van der Waals surface area contributed by atoms with E-state index in [0.29, 0.717) is 25.9 Å². The van der Waals surface area contributed by atoms with Crippen molar-refractivity contribution in [3.05, 3.63) is 24.3 Å². The molecule has 0 fully saturated rings. The second-order valence-electron chi connectivity index (χ2n) is 18.9. The fraction of sp³-hybridized carbons (Fsp3) is 0.893. The third-order valence-corrected chi connectivity index (χ3v) is 12.8. The maximum atomic E-state index is 12.4. The standard InChI is InChI=1S/C56H107NO5/c1-3-5-7-9-11-13-14-26-30-34-38-42-46-50-56(61)62-51-47-43-39-35-31-28-25-23-21-19-17-15-16-18-20-22-24-27-29-33-37-41-45-49-55(60)57-53(52-58)54(59)48-44-40-36-32-12-10-8-6-4-2/h15,17-18,20,53-54,58-59H,3-14,16,19,21-52H2,1-2H3,(H,57,60)/b17-15-,20-18-. The number of carbonyl (C=O) groups excluding carboxylic acids is 2. The van der Waals surface area contributed by atoms with E-state index in [-0.39, 0.29) is 18.5 Å². The Morgan fingerprint density at radius 1 is 0.452 bits per heavy atom. The highest BCUT2D eigenvalue weighted by atomic mass is 16.5. The summed E-state index contributed by atoms with van der Waals surface area (Å²) >= 11 is 0. The van der Waals surface area contributed by atoms with Crippen molar-refractivity contribution in [3.8, 4) is 0 Å². The van der Waals surface area contributed by atoms with Crippen LogP contribution in [0.15, 0.2) is 24.3 Å². The molecule has 2 unspecified atom stereocenters. The second kappa shape index (κ2) is 52.0. The molecule has 0 aliphatic heterocycles. The lowest BCUT2D eigenvalue weighted by Gasteiger charge is -2.22. The van der Waals surface area contributed by atoms with Crippen LogP contribution in [-0.4, -0.2) is 47.4 Å². The summed E-state index contributed by atoms with van der Waals surface area (Å²) in [6.07, 6.45) is 61.7. The van der Waals surface area contributed by atoms with Gasteiger partial charge in [0.1, 0.15) is 0 Å². The van der Waals surface area contributed by atoms with E-state index in [0.717, 1.165) is 51.4 Å². The summed E-state index contributed by atoms with van der Waals surface area (Å²) in [6, 6.07) is -0.546. The van der Waals surface area contributed by atoms with Crippen LogP contribution in [0.4, 0.5) is 0 Å². The number of unbranched alkanes of at least 4 members (excludes halogenated alkanes) is 36. The average molecular weight is 874 g/mol. The highest BCUT2D eigenvalue weighted by molar-refractivity contribution is 5.76. The minimum Gasteiger partial charge on any atom is -0.466 e. The monoisotopic (exact) mass is 874 g/mol. The molecule has 0 aliphatic rings. The maximum absolute atomic E-state index is 12.4. The summed E-state index contributed by atoms with van der Waals surface area (Å²) in [6.45, 7) is 4.93. The van der Waals surface area contributed by atoms with Gasteiger partial charge < -0.3 is 20.3 Å². The van der Waals surface area contributed by atoms with Gasteiger partial charge in [0.25, 0.3) is 0 Å². The molecule has 0 heterocycles. The summed E-state index contributed by atoms with van der Waals surface area (Å²) in [5, 5.41) is 23.1. The molecule has 6 heteroatoms. The van der Waals surface area contributed by atoms with Crippen LogP contribution >= 0.6 is 0 Å². The molecule has 0 radical (unpaired) electrons. The molecule has 0 aromatic carbocycles. The zero-order valence-electron chi connectivity index (χ0n) is 41.6. The average Bonchev–Trinajstić information content (AvgIpc) is 3.27. The van der Waals surface area contributed by atoms with E-state index in [2.05, 4.69) is 43.5 Å². The molecule has 3 N–H and O–H groups in total. The molecule has 0 saturated carbocycles. The smallest absolute Gasteiger partial charge is 0.305 e. The second-order valence-corrected chi connectivity index (χ2v) is 18.9. The van der Waals surface area contributed by atoms with Gasteiger partial charge in [0.15, 0.2) is 0 Å². The van der Waals surface area contributed by atoms with Gasteiger partial charge in [-0.3, -0.25) is 9.59 Å². The first kappa shape index (κ1) is 60.3. The van der Waals surface area contributed by atoms with Crippen molar-refractivity contribution in [2.24, 2.45) is 0 Å². The number of esters is 1. The summed E-state index contributed by atoms with van der Waals surface area (Å²) in [7, 11) is 0. The van der Waals surface area contributed by atoms with Gasteiger partial charge in [-0.1, -0.05) is 250 Å². The number of carbonyl (C=O) groups is 2. The zero-order valence-corrected chi connectivity index (χ0v) is 41.6. The Hall–Kier alpha value is -1.66. The summed E-state index contributed by atoms with van der Waals surface area (Å²) in [5.41, 5.74) is 0. The number of amides is 1. The number of hydrogen-bond donors (Lipinski definition) is 3. The van der Waals surface area contributed by atoms with E-state index in [4.69, 9.17) is 4.74 Å². The van der Waals surface area contributed by atoms with E-state index in [1.165, 1.54) is 212 Å². The van der Waals surface area contributed by atoms with E-state index in [1.807, 2.05) is 0 Å². The van der Waals surface area contributed by atoms with Crippen LogP contribution in [0.5, 0.6) is 0 Å². The molecule has 2 atom stereocenters. The number of hydrogen-bond acceptors (Lipinski definition) is 5. The Labute approximate surface area is 386 Å². The van der Waals surface area contributed by atoms with Crippen LogP contribution in [0.2, 0.25) is 0 Å². The predicted molar refractivity (Wildman–Crippen MR) is 269 cm³/mol. The van der Waals surface area contributed by atoms with Crippen LogP contribution in [0.1, 0.15) is 296 Å². The van der Waals surface area contributed by atoms with Crippen molar-refractivity contribution in [2.75, 3.05) is 13.2 Å². The maximum Gasteiger partial charge on any atom is 0.305 e. The third-order valence-electron chi connectivity index (χ3n) is 12.8. The summed E-state index contributed by atoms with van der Waals surface area (Å²) in [4.78, 5) is 24.4. The van der Waals surface area contributed by atoms with Crippen LogP contribution in [0, 0.1) is 0 Å². The third kappa shape index (κ3) is 47.8. The Kier molecular flexibility index (Phi) is 50.6. The number of allylic oxidation sites excluding steroid dienone is 4.